The maximum Gasteiger partial charge on any atom is 0.0238 e. The number of hydrogen-bond acceptors (Lipinski definition) is 3. The van der Waals surface area contributed by atoms with Crippen LogP contribution in [-0.2, 0) is 13.0 Å². The van der Waals surface area contributed by atoms with Crippen molar-refractivity contribution in [2.75, 3.05) is 25.4 Å². The lowest BCUT2D eigenvalue weighted by Gasteiger charge is -2.35. The topological polar surface area (TPSA) is 15.3 Å². The number of fused-ring (bicyclic) bond motifs is 1. The van der Waals surface area contributed by atoms with Crippen LogP contribution in [0.1, 0.15) is 18.1 Å². The third kappa shape index (κ3) is 2.90. The highest BCUT2D eigenvalue weighted by Gasteiger charge is 2.23. The van der Waals surface area contributed by atoms with Crippen molar-refractivity contribution in [1.82, 2.24) is 10.2 Å². The molecule has 98 valence electrons. The molecular weight excluding hydrogens is 240 g/mol. The summed E-state index contributed by atoms with van der Waals surface area (Å²) in [6, 6.07) is 9.48. The van der Waals surface area contributed by atoms with Crippen LogP contribution in [0.25, 0.3) is 0 Å². The summed E-state index contributed by atoms with van der Waals surface area (Å²) >= 11 is 2.11. The Morgan fingerprint density at radius 1 is 1.33 bits per heavy atom. The van der Waals surface area contributed by atoms with E-state index in [1.54, 1.807) is 5.56 Å². The molecule has 0 spiro atoms. The number of rotatable bonds is 2. The maximum absolute atomic E-state index is 3.69. The van der Waals surface area contributed by atoms with Crippen LogP contribution in [0.3, 0.4) is 0 Å². The van der Waals surface area contributed by atoms with Crippen LogP contribution >= 0.6 is 11.8 Å². The molecule has 2 atom stereocenters. The van der Waals surface area contributed by atoms with E-state index in [2.05, 4.69) is 53.2 Å². The molecule has 18 heavy (non-hydrogen) atoms. The predicted molar refractivity (Wildman–Crippen MR) is 79.1 cm³/mol. The molecule has 1 N–H and O–H groups in total. The minimum absolute atomic E-state index is 0.634. The lowest BCUT2D eigenvalue weighted by Crippen LogP contribution is -2.48. The maximum atomic E-state index is 3.69. The molecule has 0 radical (unpaired) electrons. The third-order valence-electron chi connectivity index (χ3n) is 3.97. The van der Waals surface area contributed by atoms with E-state index in [1.807, 2.05) is 0 Å². The molecule has 1 aromatic carbocycles. The van der Waals surface area contributed by atoms with E-state index >= 15 is 0 Å². The summed E-state index contributed by atoms with van der Waals surface area (Å²) in [6.45, 7) is 7.11. The van der Waals surface area contributed by atoms with E-state index in [0.29, 0.717) is 6.04 Å². The van der Waals surface area contributed by atoms with Gasteiger partial charge in [-0.2, -0.15) is 11.8 Å². The van der Waals surface area contributed by atoms with Crippen LogP contribution in [0.4, 0.5) is 0 Å². The molecule has 0 bridgehead atoms. The molecule has 2 unspecified atom stereocenters. The second-order valence-corrected chi connectivity index (χ2v) is 7.04. The largest absolute Gasteiger partial charge is 0.308 e. The van der Waals surface area contributed by atoms with E-state index in [9.17, 15) is 0 Å². The predicted octanol–water partition coefficient (Wildman–Crippen LogP) is 2.14. The average Bonchev–Trinajstić information content (AvgIpc) is 2.39. The van der Waals surface area contributed by atoms with Gasteiger partial charge in [0.05, 0.1) is 0 Å². The van der Waals surface area contributed by atoms with Gasteiger partial charge >= 0.3 is 0 Å². The van der Waals surface area contributed by atoms with Gasteiger partial charge in [0.2, 0.25) is 0 Å². The number of thioether (sulfide) groups is 1. The van der Waals surface area contributed by atoms with Crippen molar-refractivity contribution in [2.45, 2.75) is 31.2 Å². The van der Waals surface area contributed by atoms with Gasteiger partial charge in [-0.1, -0.05) is 31.2 Å². The molecule has 3 rings (SSSR count). The van der Waals surface area contributed by atoms with Gasteiger partial charge in [-0.05, 0) is 17.5 Å². The quantitative estimate of drug-likeness (QED) is 0.879. The highest BCUT2D eigenvalue weighted by molar-refractivity contribution is 7.99. The van der Waals surface area contributed by atoms with Crippen molar-refractivity contribution in [3.8, 4) is 0 Å². The van der Waals surface area contributed by atoms with Gasteiger partial charge < -0.3 is 5.32 Å². The van der Waals surface area contributed by atoms with Crippen molar-refractivity contribution < 1.29 is 0 Å². The standard InChI is InChI=1S/C15H22N2S/c1-12-10-17(6-7-18-12)11-15-8-13-4-2-3-5-14(13)9-16-15/h2-5,12,15-16H,6-11H2,1H3. The summed E-state index contributed by atoms with van der Waals surface area (Å²) < 4.78 is 0. The Morgan fingerprint density at radius 2 is 2.17 bits per heavy atom. The first-order valence-corrected chi connectivity index (χ1v) is 8.00. The van der Waals surface area contributed by atoms with Crippen molar-refractivity contribution >= 4 is 11.8 Å². The van der Waals surface area contributed by atoms with Gasteiger partial charge in [0.15, 0.2) is 0 Å². The molecule has 1 saturated heterocycles. The number of nitrogens with zero attached hydrogens (tertiary/aromatic N) is 1. The van der Waals surface area contributed by atoms with Gasteiger partial charge in [0, 0.05) is 43.2 Å². The molecule has 3 heteroatoms. The SMILES string of the molecule is CC1CN(CC2Cc3ccccc3CN2)CCS1. The molecule has 2 nitrogen and oxygen atoms in total. The Balaban J connectivity index is 1.59. The van der Waals surface area contributed by atoms with E-state index < -0.39 is 0 Å². The van der Waals surface area contributed by atoms with Crippen LogP contribution in [0.5, 0.6) is 0 Å². The summed E-state index contributed by atoms with van der Waals surface area (Å²) in [7, 11) is 0. The van der Waals surface area contributed by atoms with Crippen LogP contribution in [0.15, 0.2) is 24.3 Å². The average molecular weight is 262 g/mol. The zero-order valence-electron chi connectivity index (χ0n) is 11.1. The van der Waals surface area contributed by atoms with Crippen molar-refractivity contribution in [3.63, 3.8) is 0 Å². The number of benzene rings is 1. The van der Waals surface area contributed by atoms with Gasteiger partial charge in [0.1, 0.15) is 0 Å². The normalized spacial score (nSPS) is 28.9. The first-order valence-electron chi connectivity index (χ1n) is 6.95. The second kappa shape index (κ2) is 5.64. The Bertz CT molecular complexity index is 407. The highest BCUT2D eigenvalue weighted by Crippen LogP contribution is 2.20. The molecule has 1 aromatic rings. The molecule has 2 aliphatic rings. The third-order valence-corrected chi connectivity index (χ3v) is 5.11. The number of hydrogen-bond donors (Lipinski definition) is 1. The zero-order chi connectivity index (χ0) is 12.4. The van der Waals surface area contributed by atoms with Gasteiger partial charge in [-0.25, -0.2) is 0 Å². The molecule has 0 saturated carbocycles. The Hall–Kier alpha value is -0.510. The summed E-state index contributed by atoms with van der Waals surface area (Å²) in [6.07, 6.45) is 1.19. The zero-order valence-corrected chi connectivity index (χ0v) is 11.9. The first kappa shape index (κ1) is 12.5. The lowest BCUT2D eigenvalue weighted by atomic mass is 9.95. The van der Waals surface area contributed by atoms with Gasteiger partial charge in [-0.15, -0.1) is 0 Å². The van der Waals surface area contributed by atoms with E-state index in [4.69, 9.17) is 0 Å². The fourth-order valence-corrected chi connectivity index (χ4v) is 4.10. The monoisotopic (exact) mass is 262 g/mol. The summed E-state index contributed by atoms with van der Waals surface area (Å²) in [4.78, 5) is 2.63. The van der Waals surface area contributed by atoms with Crippen LogP contribution in [0.2, 0.25) is 0 Å². The molecule has 2 aliphatic heterocycles. The van der Waals surface area contributed by atoms with Crippen LogP contribution in [0, 0.1) is 0 Å². The Kier molecular flexibility index (Phi) is 3.92. The Morgan fingerprint density at radius 3 is 3.00 bits per heavy atom. The lowest BCUT2D eigenvalue weighted by molar-refractivity contribution is 0.245. The van der Waals surface area contributed by atoms with Crippen molar-refractivity contribution in [1.29, 1.82) is 0 Å². The highest BCUT2D eigenvalue weighted by atomic mass is 32.2. The summed E-state index contributed by atoms with van der Waals surface area (Å²) in [5.74, 6) is 1.30. The van der Waals surface area contributed by atoms with E-state index in [0.717, 1.165) is 11.8 Å². The smallest absolute Gasteiger partial charge is 0.0238 e. The summed E-state index contributed by atoms with van der Waals surface area (Å²) in [5.41, 5.74) is 3.03. The second-order valence-electron chi connectivity index (χ2n) is 5.49. The minimum Gasteiger partial charge on any atom is -0.308 e. The molecule has 0 aromatic heterocycles. The van der Waals surface area contributed by atoms with Crippen LogP contribution in [-0.4, -0.2) is 41.6 Å². The van der Waals surface area contributed by atoms with E-state index in [1.165, 1.54) is 37.4 Å². The van der Waals surface area contributed by atoms with Gasteiger partial charge in [-0.3, -0.25) is 4.90 Å². The molecular formula is C15H22N2S. The molecule has 0 amide bonds. The molecule has 1 fully saturated rings. The summed E-state index contributed by atoms with van der Waals surface area (Å²) in [5, 5.41) is 4.49. The molecule has 0 aliphatic carbocycles. The fourth-order valence-electron chi connectivity index (χ4n) is 3.02. The van der Waals surface area contributed by atoms with Crippen LogP contribution < -0.4 is 5.32 Å². The van der Waals surface area contributed by atoms with Crippen molar-refractivity contribution in [2.24, 2.45) is 0 Å². The Labute approximate surface area is 114 Å². The van der Waals surface area contributed by atoms with Crippen molar-refractivity contribution in [3.05, 3.63) is 35.4 Å². The van der Waals surface area contributed by atoms with Gasteiger partial charge in [0.25, 0.3) is 0 Å². The fraction of sp³-hybridized carbons (Fsp3) is 0.600. The molecule has 2 heterocycles. The minimum atomic E-state index is 0.634. The number of nitrogens with one attached hydrogen (secondary N) is 1. The van der Waals surface area contributed by atoms with E-state index in [-0.39, 0.29) is 0 Å². The first-order chi connectivity index (χ1) is 8.81.